The molecule has 1 heteroatoms. The van der Waals surface area contributed by atoms with E-state index in [0.29, 0.717) is 0 Å². The zero-order valence-electron chi connectivity index (χ0n) is 11.1. The molecular formula is C15H25N. The predicted octanol–water partition coefficient (Wildman–Crippen LogP) is 4.19. The van der Waals surface area contributed by atoms with Crippen LogP contribution in [0.1, 0.15) is 60.9 Å². The normalized spacial score (nSPS) is 12.8. The van der Waals surface area contributed by atoms with Crippen molar-refractivity contribution in [3.63, 3.8) is 0 Å². The fraction of sp³-hybridized carbons (Fsp3) is 0.600. The summed E-state index contributed by atoms with van der Waals surface area (Å²) in [6, 6.07) is 4.69. The number of nitrogens with two attached hydrogens (primary N) is 1. The standard InChI is InChI=1S/C15H25N/c1-5-6-7-8-14(16)15-12(3)9-11(2)10-13(15)4/h9-10,14H,5-8,16H2,1-4H3. The van der Waals surface area contributed by atoms with Crippen LogP contribution in [0.5, 0.6) is 0 Å². The highest BCUT2D eigenvalue weighted by Crippen LogP contribution is 2.25. The summed E-state index contributed by atoms with van der Waals surface area (Å²) in [7, 11) is 0. The summed E-state index contributed by atoms with van der Waals surface area (Å²) in [5.74, 6) is 0. The van der Waals surface area contributed by atoms with Crippen molar-refractivity contribution in [2.75, 3.05) is 0 Å². The highest BCUT2D eigenvalue weighted by molar-refractivity contribution is 5.39. The van der Waals surface area contributed by atoms with E-state index < -0.39 is 0 Å². The van der Waals surface area contributed by atoms with E-state index in [1.54, 1.807) is 0 Å². The first-order valence-corrected chi connectivity index (χ1v) is 6.39. The summed E-state index contributed by atoms with van der Waals surface area (Å²) in [6.07, 6.45) is 4.90. The average molecular weight is 219 g/mol. The van der Waals surface area contributed by atoms with Crippen molar-refractivity contribution in [2.45, 2.75) is 59.4 Å². The largest absolute Gasteiger partial charge is 0.324 e. The van der Waals surface area contributed by atoms with Crippen LogP contribution in [0.3, 0.4) is 0 Å². The minimum atomic E-state index is 0.215. The molecule has 0 saturated heterocycles. The van der Waals surface area contributed by atoms with E-state index in [-0.39, 0.29) is 6.04 Å². The zero-order valence-corrected chi connectivity index (χ0v) is 11.1. The van der Waals surface area contributed by atoms with Gasteiger partial charge in [-0.3, -0.25) is 0 Å². The molecule has 0 amide bonds. The molecule has 0 spiro atoms. The lowest BCUT2D eigenvalue weighted by Crippen LogP contribution is -2.13. The number of hydrogen-bond donors (Lipinski definition) is 1. The average Bonchev–Trinajstić information content (AvgIpc) is 2.16. The first kappa shape index (κ1) is 13.2. The van der Waals surface area contributed by atoms with Gasteiger partial charge in [-0.2, -0.15) is 0 Å². The van der Waals surface area contributed by atoms with Gasteiger partial charge in [-0.15, -0.1) is 0 Å². The number of hydrogen-bond acceptors (Lipinski definition) is 1. The summed E-state index contributed by atoms with van der Waals surface area (Å²) in [6.45, 7) is 8.73. The topological polar surface area (TPSA) is 26.0 Å². The van der Waals surface area contributed by atoms with Crippen LogP contribution < -0.4 is 5.73 Å². The molecule has 1 atom stereocenters. The summed E-state index contributed by atoms with van der Waals surface area (Å²) in [5.41, 5.74) is 11.7. The SMILES string of the molecule is CCCCCC(N)c1c(C)cc(C)cc1C. The first-order valence-electron chi connectivity index (χ1n) is 6.39. The Balaban J connectivity index is 2.78. The number of aryl methyl sites for hydroxylation is 3. The van der Waals surface area contributed by atoms with Crippen molar-refractivity contribution >= 4 is 0 Å². The van der Waals surface area contributed by atoms with E-state index in [2.05, 4.69) is 39.8 Å². The van der Waals surface area contributed by atoms with E-state index in [1.807, 2.05) is 0 Å². The van der Waals surface area contributed by atoms with Gasteiger partial charge in [-0.05, 0) is 43.9 Å². The maximum Gasteiger partial charge on any atom is 0.0300 e. The maximum absolute atomic E-state index is 6.29. The van der Waals surface area contributed by atoms with Gasteiger partial charge in [0.2, 0.25) is 0 Å². The van der Waals surface area contributed by atoms with Gasteiger partial charge in [-0.25, -0.2) is 0 Å². The van der Waals surface area contributed by atoms with Crippen LogP contribution in [0.2, 0.25) is 0 Å². The molecule has 0 saturated carbocycles. The maximum atomic E-state index is 6.29. The van der Waals surface area contributed by atoms with Gasteiger partial charge in [0.15, 0.2) is 0 Å². The minimum Gasteiger partial charge on any atom is -0.324 e. The molecule has 1 aromatic carbocycles. The van der Waals surface area contributed by atoms with Gasteiger partial charge < -0.3 is 5.73 Å². The molecule has 0 aliphatic carbocycles. The third-order valence-electron chi connectivity index (χ3n) is 3.23. The fourth-order valence-corrected chi connectivity index (χ4v) is 2.53. The highest BCUT2D eigenvalue weighted by atomic mass is 14.6. The molecule has 0 fully saturated rings. The smallest absolute Gasteiger partial charge is 0.0300 e. The number of rotatable bonds is 5. The van der Waals surface area contributed by atoms with Crippen LogP contribution in [0.4, 0.5) is 0 Å². The van der Waals surface area contributed by atoms with Gasteiger partial charge in [-0.1, -0.05) is 43.9 Å². The van der Waals surface area contributed by atoms with Crippen LogP contribution in [-0.2, 0) is 0 Å². The summed E-state index contributed by atoms with van der Waals surface area (Å²) < 4.78 is 0. The molecule has 0 aliphatic heterocycles. The molecular weight excluding hydrogens is 194 g/mol. The third kappa shape index (κ3) is 3.34. The number of unbranched alkanes of at least 4 members (excludes halogenated alkanes) is 2. The van der Waals surface area contributed by atoms with Crippen LogP contribution in [0, 0.1) is 20.8 Å². The van der Waals surface area contributed by atoms with E-state index >= 15 is 0 Å². The van der Waals surface area contributed by atoms with E-state index in [4.69, 9.17) is 5.73 Å². The van der Waals surface area contributed by atoms with Crippen LogP contribution in [0.25, 0.3) is 0 Å². The Bertz CT molecular complexity index is 318. The summed E-state index contributed by atoms with van der Waals surface area (Å²) in [5, 5.41) is 0. The Morgan fingerprint density at radius 2 is 1.62 bits per heavy atom. The van der Waals surface area contributed by atoms with Gasteiger partial charge >= 0.3 is 0 Å². The Hall–Kier alpha value is -0.820. The van der Waals surface area contributed by atoms with E-state index in [1.165, 1.54) is 41.5 Å². The zero-order chi connectivity index (χ0) is 12.1. The molecule has 0 bridgehead atoms. The van der Waals surface area contributed by atoms with Crippen molar-refractivity contribution in [2.24, 2.45) is 5.73 Å². The van der Waals surface area contributed by atoms with Crippen LogP contribution >= 0.6 is 0 Å². The van der Waals surface area contributed by atoms with E-state index in [0.717, 1.165) is 6.42 Å². The molecule has 1 unspecified atom stereocenters. The molecule has 1 nitrogen and oxygen atoms in total. The second-order valence-electron chi connectivity index (χ2n) is 4.91. The monoisotopic (exact) mass is 219 g/mol. The Morgan fingerprint density at radius 3 is 2.12 bits per heavy atom. The quantitative estimate of drug-likeness (QED) is 0.738. The highest BCUT2D eigenvalue weighted by Gasteiger charge is 2.11. The molecule has 90 valence electrons. The molecule has 0 heterocycles. The van der Waals surface area contributed by atoms with Crippen molar-refractivity contribution in [3.8, 4) is 0 Å². The van der Waals surface area contributed by atoms with Gasteiger partial charge in [0.1, 0.15) is 0 Å². The Morgan fingerprint density at radius 1 is 1.06 bits per heavy atom. The van der Waals surface area contributed by atoms with Gasteiger partial charge in [0.05, 0.1) is 0 Å². The lowest BCUT2D eigenvalue weighted by Gasteiger charge is -2.18. The van der Waals surface area contributed by atoms with Crippen LogP contribution in [0.15, 0.2) is 12.1 Å². The molecule has 1 aromatic rings. The molecule has 0 aliphatic rings. The molecule has 0 radical (unpaired) electrons. The van der Waals surface area contributed by atoms with Crippen molar-refractivity contribution in [1.29, 1.82) is 0 Å². The van der Waals surface area contributed by atoms with Crippen molar-refractivity contribution in [1.82, 2.24) is 0 Å². The predicted molar refractivity (Wildman–Crippen MR) is 71.7 cm³/mol. The summed E-state index contributed by atoms with van der Waals surface area (Å²) >= 11 is 0. The van der Waals surface area contributed by atoms with Crippen molar-refractivity contribution < 1.29 is 0 Å². The second kappa shape index (κ2) is 6.05. The lowest BCUT2D eigenvalue weighted by atomic mass is 9.92. The second-order valence-corrected chi connectivity index (χ2v) is 4.91. The van der Waals surface area contributed by atoms with Gasteiger partial charge in [0.25, 0.3) is 0 Å². The first-order chi connectivity index (χ1) is 7.56. The van der Waals surface area contributed by atoms with Crippen molar-refractivity contribution in [3.05, 3.63) is 34.4 Å². The number of benzene rings is 1. The summed E-state index contributed by atoms with van der Waals surface area (Å²) in [4.78, 5) is 0. The fourth-order valence-electron chi connectivity index (χ4n) is 2.53. The Kier molecular flexibility index (Phi) is 5.01. The Labute approximate surface area is 100 Å². The molecule has 2 N–H and O–H groups in total. The third-order valence-corrected chi connectivity index (χ3v) is 3.23. The molecule has 1 rings (SSSR count). The minimum absolute atomic E-state index is 0.215. The lowest BCUT2D eigenvalue weighted by molar-refractivity contribution is 0.577. The van der Waals surface area contributed by atoms with Crippen LogP contribution in [-0.4, -0.2) is 0 Å². The molecule has 16 heavy (non-hydrogen) atoms. The van der Waals surface area contributed by atoms with Gasteiger partial charge in [0, 0.05) is 6.04 Å². The molecule has 0 aromatic heterocycles. The van der Waals surface area contributed by atoms with E-state index in [9.17, 15) is 0 Å².